The Morgan fingerprint density at radius 2 is 2.03 bits per heavy atom. The third kappa shape index (κ3) is 4.99. The van der Waals surface area contributed by atoms with Gasteiger partial charge in [-0.05, 0) is 67.6 Å². The van der Waals surface area contributed by atoms with E-state index in [2.05, 4.69) is 19.9 Å². The summed E-state index contributed by atoms with van der Waals surface area (Å²) < 4.78 is 10.7. The average molecular weight is 495 g/mol. The van der Waals surface area contributed by atoms with E-state index in [1.165, 1.54) is 5.57 Å². The van der Waals surface area contributed by atoms with Crippen LogP contribution in [0.15, 0.2) is 41.0 Å². The van der Waals surface area contributed by atoms with Crippen LogP contribution in [0.25, 0.3) is 6.08 Å². The number of nitrogens with zero attached hydrogens (tertiary/aromatic N) is 1. The summed E-state index contributed by atoms with van der Waals surface area (Å²) in [6.07, 6.45) is 5.16. The molecule has 0 unspecified atom stereocenters. The van der Waals surface area contributed by atoms with Crippen LogP contribution in [0.1, 0.15) is 57.9 Å². The molecule has 2 saturated heterocycles. The van der Waals surface area contributed by atoms with Crippen molar-refractivity contribution < 1.29 is 33.9 Å². The molecule has 0 saturated carbocycles. The molecule has 1 aromatic rings. The number of methoxy groups -OCH3 is 1. The van der Waals surface area contributed by atoms with Crippen LogP contribution < -0.4 is 0 Å². The van der Waals surface area contributed by atoms with Gasteiger partial charge in [0.25, 0.3) is 0 Å². The van der Waals surface area contributed by atoms with Gasteiger partial charge in [-0.3, -0.25) is 9.59 Å². The predicted octanol–water partition coefficient (Wildman–Crippen LogP) is 4.33. The summed E-state index contributed by atoms with van der Waals surface area (Å²) in [6.45, 7) is 4.14. The highest BCUT2D eigenvalue weighted by Gasteiger charge is 2.59. The molecule has 4 rings (SSSR count). The van der Waals surface area contributed by atoms with Gasteiger partial charge in [0, 0.05) is 0 Å². The zero-order valence-corrected chi connectivity index (χ0v) is 21.1. The van der Waals surface area contributed by atoms with Gasteiger partial charge in [0.2, 0.25) is 11.8 Å². The summed E-state index contributed by atoms with van der Waals surface area (Å²) >= 11 is 0. The second-order valence-corrected chi connectivity index (χ2v) is 9.84. The van der Waals surface area contributed by atoms with E-state index in [0.29, 0.717) is 24.2 Å². The molecule has 0 spiro atoms. The molecule has 2 aliphatic heterocycles. The number of hydrogen-bond donors (Lipinski definition) is 2. The zero-order chi connectivity index (χ0) is 26.0. The highest BCUT2D eigenvalue weighted by Crippen LogP contribution is 2.51. The van der Waals surface area contributed by atoms with Crippen LogP contribution in [0.2, 0.25) is 6.32 Å². The van der Waals surface area contributed by atoms with Crippen LogP contribution in [0.4, 0.5) is 4.79 Å². The number of benzene rings is 1. The molecule has 1 aromatic carbocycles. The van der Waals surface area contributed by atoms with Crippen molar-refractivity contribution in [1.82, 2.24) is 4.90 Å². The van der Waals surface area contributed by atoms with Gasteiger partial charge in [0.05, 0.1) is 25.0 Å². The van der Waals surface area contributed by atoms with Gasteiger partial charge in [-0.1, -0.05) is 49.6 Å². The lowest BCUT2D eigenvalue weighted by atomic mass is 9.58. The minimum absolute atomic E-state index is 0.212. The Morgan fingerprint density at radius 1 is 1.25 bits per heavy atom. The quantitative estimate of drug-likeness (QED) is 0.329. The lowest BCUT2D eigenvalue weighted by molar-refractivity contribution is -0.137. The standard InChI is InChI=1S/C27H34BNO7/c1-4-7-18-14-20-24(26(32)29(25(20)31)27(33)35-3)21-15-28(34)36-22(23(18)21)11-10-16(5-2)12-17-8-6-9-19(30)13-17/h6,8-9,12-13,20-22,24,30,34H,4-5,7,10-11,14-15H2,1-3H3/b16-12+/t20-,21+,22-,24-/m1/s1. The van der Waals surface area contributed by atoms with Gasteiger partial charge in [0.1, 0.15) is 5.75 Å². The van der Waals surface area contributed by atoms with Gasteiger partial charge >= 0.3 is 13.2 Å². The van der Waals surface area contributed by atoms with Gasteiger partial charge in [-0.2, -0.15) is 4.90 Å². The topological polar surface area (TPSA) is 113 Å². The fourth-order valence-corrected chi connectivity index (χ4v) is 6.09. The Kier molecular flexibility index (Phi) is 8.00. The molecule has 2 N–H and O–H groups in total. The molecule has 9 heteroatoms. The van der Waals surface area contributed by atoms with E-state index in [0.717, 1.165) is 43.1 Å². The minimum Gasteiger partial charge on any atom is -0.508 e. The molecule has 36 heavy (non-hydrogen) atoms. The third-order valence-corrected chi connectivity index (χ3v) is 7.64. The van der Waals surface area contributed by atoms with E-state index in [1.54, 1.807) is 18.2 Å². The maximum atomic E-state index is 13.3. The number of ether oxygens (including phenoxy) is 1. The highest BCUT2D eigenvalue weighted by atomic mass is 16.5. The van der Waals surface area contributed by atoms with Crippen molar-refractivity contribution >= 4 is 31.1 Å². The second kappa shape index (κ2) is 11.0. The van der Waals surface area contributed by atoms with Crippen LogP contribution in [-0.2, 0) is 19.0 Å². The Bertz CT molecular complexity index is 1100. The van der Waals surface area contributed by atoms with Crippen molar-refractivity contribution in [3.05, 3.63) is 46.5 Å². The maximum Gasteiger partial charge on any atom is 0.455 e. The number of carbonyl (C=O) groups is 3. The van der Waals surface area contributed by atoms with Crippen molar-refractivity contribution in [2.75, 3.05) is 7.11 Å². The normalized spacial score (nSPS) is 26.3. The van der Waals surface area contributed by atoms with E-state index >= 15 is 0 Å². The number of allylic oxidation sites excluding steroid dienone is 2. The molecule has 192 valence electrons. The van der Waals surface area contributed by atoms with Crippen LogP contribution in [0.5, 0.6) is 5.75 Å². The predicted molar refractivity (Wildman–Crippen MR) is 135 cm³/mol. The van der Waals surface area contributed by atoms with Gasteiger partial charge < -0.3 is 19.5 Å². The number of aromatic hydroxyl groups is 1. The van der Waals surface area contributed by atoms with Crippen molar-refractivity contribution in [2.45, 2.75) is 64.8 Å². The molecule has 0 bridgehead atoms. The molecule has 3 aliphatic rings. The van der Waals surface area contributed by atoms with E-state index in [-0.39, 0.29) is 24.1 Å². The summed E-state index contributed by atoms with van der Waals surface area (Å²) in [5.41, 5.74) is 4.21. The van der Waals surface area contributed by atoms with Crippen molar-refractivity contribution in [2.24, 2.45) is 17.8 Å². The number of fused-ring (bicyclic) bond motifs is 3. The Morgan fingerprint density at radius 3 is 2.69 bits per heavy atom. The Labute approximate surface area is 212 Å². The molecule has 2 heterocycles. The number of phenolic OH excluding ortho intramolecular Hbond substituents is 1. The molecule has 8 nitrogen and oxygen atoms in total. The summed E-state index contributed by atoms with van der Waals surface area (Å²) in [7, 11) is 0.0987. The number of carbonyl (C=O) groups excluding carboxylic acids is 3. The summed E-state index contributed by atoms with van der Waals surface area (Å²) in [5.74, 6) is -2.50. The van der Waals surface area contributed by atoms with Gasteiger partial charge in [-0.25, -0.2) is 4.79 Å². The van der Waals surface area contributed by atoms with Crippen LogP contribution in [0, 0.1) is 17.8 Å². The number of likely N-dealkylation sites (tertiary alicyclic amines) is 1. The first kappa shape index (κ1) is 26.2. The first-order valence-electron chi connectivity index (χ1n) is 12.8. The number of amides is 3. The molecule has 2 fully saturated rings. The summed E-state index contributed by atoms with van der Waals surface area (Å²) in [6, 6.07) is 7.09. The molecule has 0 aromatic heterocycles. The van der Waals surface area contributed by atoms with Crippen LogP contribution in [-0.4, -0.2) is 53.3 Å². The zero-order valence-electron chi connectivity index (χ0n) is 21.1. The number of imide groups is 3. The fourth-order valence-electron chi connectivity index (χ4n) is 6.09. The van der Waals surface area contributed by atoms with E-state index < -0.39 is 36.9 Å². The smallest absolute Gasteiger partial charge is 0.455 e. The summed E-state index contributed by atoms with van der Waals surface area (Å²) in [4.78, 5) is 39.2. The molecule has 1 aliphatic carbocycles. The number of rotatable bonds is 7. The lowest BCUT2D eigenvalue weighted by Gasteiger charge is -2.43. The van der Waals surface area contributed by atoms with Gasteiger partial charge in [0.15, 0.2) is 0 Å². The average Bonchev–Trinajstić information content (AvgIpc) is 3.10. The molecular formula is C27H34BNO7. The van der Waals surface area contributed by atoms with Crippen LogP contribution >= 0.6 is 0 Å². The first-order chi connectivity index (χ1) is 17.3. The second-order valence-electron chi connectivity index (χ2n) is 9.84. The lowest BCUT2D eigenvalue weighted by Crippen LogP contribution is -2.46. The van der Waals surface area contributed by atoms with E-state index in [1.807, 2.05) is 6.07 Å². The SMILES string of the molecule is CCCC1=C2[C@@H](CC/C(=C/c3cccc(O)c3)CC)OB(O)C[C@@H]2[C@@H]2C(=O)N(C(=O)OC)C(=O)[C@@H]2C1. The minimum atomic E-state index is -1.06. The maximum absolute atomic E-state index is 13.3. The fraction of sp³-hybridized carbons (Fsp3) is 0.519. The van der Waals surface area contributed by atoms with Crippen molar-refractivity contribution in [3.63, 3.8) is 0 Å². The first-order valence-corrected chi connectivity index (χ1v) is 12.8. The van der Waals surface area contributed by atoms with Crippen LogP contribution in [0.3, 0.4) is 0 Å². The largest absolute Gasteiger partial charge is 0.508 e. The molecule has 0 radical (unpaired) electrons. The monoisotopic (exact) mass is 495 g/mol. The number of phenols is 1. The van der Waals surface area contributed by atoms with Crippen molar-refractivity contribution in [3.8, 4) is 5.75 Å². The van der Waals surface area contributed by atoms with E-state index in [9.17, 15) is 24.5 Å². The van der Waals surface area contributed by atoms with Crippen molar-refractivity contribution in [1.29, 1.82) is 0 Å². The van der Waals surface area contributed by atoms with Gasteiger partial charge in [-0.15, -0.1) is 0 Å². The number of hydrogen-bond acceptors (Lipinski definition) is 7. The summed E-state index contributed by atoms with van der Waals surface area (Å²) in [5, 5.41) is 20.4. The Hall–Kier alpha value is -2.91. The molecule has 4 atom stereocenters. The van der Waals surface area contributed by atoms with E-state index in [4.69, 9.17) is 9.39 Å². The highest BCUT2D eigenvalue weighted by molar-refractivity contribution is 6.43. The Balaban J connectivity index is 1.63. The molecule has 3 amide bonds. The molecular weight excluding hydrogens is 461 g/mol. The third-order valence-electron chi connectivity index (χ3n) is 7.64.